The summed E-state index contributed by atoms with van der Waals surface area (Å²) in [5, 5.41) is 21.6. The van der Waals surface area contributed by atoms with Crippen molar-refractivity contribution in [2.24, 2.45) is 5.92 Å². The molecule has 1 aromatic rings. The van der Waals surface area contributed by atoms with Crippen LogP contribution in [0.15, 0.2) is 17.7 Å². The number of carboxylic acids is 1. The van der Waals surface area contributed by atoms with Crippen LogP contribution < -0.4 is 10.6 Å². The van der Waals surface area contributed by atoms with Crippen LogP contribution >= 0.6 is 11.3 Å². The molecule has 1 heterocycles. The minimum atomic E-state index is -0.880. The molecule has 3 N–H and O–H groups in total. The minimum absolute atomic E-state index is 0.260. The Morgan fingerprint density at radius 3 is 2.88 bits per heavy atom. The van der Waals surface area contributed by atoms with Gasteiger partial charge in [0.1, 0.15) is 5.51 Å². The van der Waals surface area contributed by atoms with Crippen LogP contribution in [0.3, 0.4) is 0 Å². The van der Waals surface area contributed by atoms with Gasteiger partial charge in [0, 0.05) is 0 Å². The van der Waals surface area contributed by atoms with Gasteiger partial charge in [-0.2, -0.15) is 0 Å². The SMILES string of the molecule is O=C(Nc1nncs1)NC1C=CC(C(=O)O)C1. The van der Waals surface area contributed by atoms with Gasteiger partial charge in [-0.25, -0.2) is 4.79 Å². The van der Waals surface area contributed by atoms with E-state index in [1.807, 2.05) is 0 Å². The van der Waals surface area contributed by atoms with Crippen molar-refractivity contribution in [3.8, 4) is 0 Å². The predicted molar refractivity (Wildman–Crippen MR) is 60.7 cm³/mol. The van der Waals surface area contributed by atoms with E-state index >= 15 is 0 Å². The van der Waals surface area contributed by atoms with Crippen molar-refractivity contribution in [1.29, 1.82) is 0 Å². The first-order valence-corrected chi connectivity index (χ1v) is 5.78. The second-order valence-corrected chi connectivity index (χ2v) is 4.35. The average molecular weight is 254 g/mol. The van der Waals surface area contributed by atoms with Crippen LogP contribution in [0.25, 0.3) is 0 Å². The first kappa shape index (κ1) is 11.5. The molecular formula is C9H10N4O3S. The standard InChI is InChI=1S/C9H10N4O3S/c14-7(15)5-1-2-6(3-5)11-8(16)12-9-13-10-4-17-9/h1-2,4-6H,3H2,(H,14,15)(H2,11,12,13,16). The summed E-state index contributed by atoms with van der Waals surface area (Å²) in [6, 6.07) is -0.675. The molecule has 0 radical (unpaired) electrons. The number of aliphatic carboxylic acids is 1. The van der Waals surface area contributed by atoms with Crippen LogP contribution in [-0.4, -0.2) is 33.3 Å². The molecule has 0 aromatic carbocycles. The summed E-state index contributed by atoms with van der Waals surface area (Å²) in [5.74, 6) is -1.41. The van der Waals surface area contributed by atoms with E-state index in [1.165, 1.54) is 16.8 Å². The Labute approximate surface area is 101 Å². The number of hydrogen-bond donors (Lipinski definition) is 3. The third kappa shape index (κ3) is 3.00. The van der Waals surface area contributed by atoms with E-state index in [-0.39, 0.29) is 6.04 Å². The zero-order chi connectivity index (χ0) is 12.3. The Morgan fingerprint density at radius 2 is 2.29 bits per heavy atom. The van der Waals surface area contributed by atoms with E-state index in [2.05, 4.69) is 20.8 Å². The fourth-order valence-electron chi connectivity index (χ4n) is 1.52. The Kier molecular flexibility index (Phi) is 3.33. The molecule has 0 aliphatic heterocycles. The van der Waals surface area contributed by atoms with Gasteiger partial charge in [0.15, 0.2) is 0 Å². The fraction of sp³-hybridized carbons (Fsp3) is 0.333. The maximum absolute atomic E-state index is 11.5. The number of aromatic nitrogens is 2. The molecule has 1 aromatic heterocycles. The van der Waals surface area contributed by atoms with Gasteiger partial charge in [-0.15, -0.1) is 10.2 Å². The third-order valence-electron chi connectivity index (χ3n) is 2.30. The monoisotopic (exact) mass is 254 g/mol. The maximum Gasteiger partial charge on any atom is 0.321 e. The van der Waals surface area contributed by atoms with Gasteiger partial charge in [0.05, 0.1) is 12.0 Å². The topological polar surface area (TPSA) is 104 Å². The number of carbonyl (C=O) groups excluding carboxylic acids is 1. The molecule has 0 saturated heterocycles. The fourth-order valence-corrected chi connectivity index (χ4v) is 1.96. The highest BCUT2D eigenvalue weighted by molar-refractivity contribution is 7.13. The molecule has 0 saturated carbocycles. The van der Waals surface area contributed by atoms with Crippen molar-refractivity contribution in [1.82, 2.24) is 15.5 Å². The van der Waals surface area contributed by atoms with Gasteiger partial charge in [0.2, 0.25) is 5.13 Å². The van der Waals surface area contributed by atoms with Crippen molar-refractivity contribution >= 4 is 28.5 Å². The van der Waals surface area contributed by atoms with E-state index in [0.29, 0.717) is 11.6 Å². The highest BCUT2D eigenvalue weighted by Gasteiger charge is 2.25. The average Bonchev–Trinajstić information content (AvgIpc) is 2.88. The summed E-state index contributed by atoms with van der Waals surface area (Å²) in [6.07, 6.45) is 3.63. The van der Waals surface area contributed by atoms with Gasteiger partial charge in [-0.05, 0) is 6.42 Å². The molecule has 1 aliphatic carbocycles. The van der Waals surface area contributed by atoms with Crippen molar-refractivity contribution in [2.75, 3.05) is 5.32 Å². The molecule has 0 spiro atoms. The number of anilines is 1. The molecule has 2 atom stereocenters. The Hall–Kier alpha value is -1.96. The normalized spacial score (nSPS) is 22.4. The van der Waals surface area contributed by atoms with Gasteiger partial charge >= 0.3 is 12.0 Å². The van der Waals surface area contributed by atoms with Crippen molar-refractivity contribution in [2.45, 2.75) is 12.5 Å². The molecule has 8 heteroatoms. The number of nitrogens with one attached hydrogen (secondary N) is 2. The number of rotatable bonds is 3. The predicted octanol–water partition coefficient (Wildman–Crippen LogP) is 0.689. The van der Waals surface area contributed by atoms with Gasteiger partial charge in [0.25, 0.3) is 0 Å². The molecule has 2 unspecified atom stereocenters. The summed E-state index contributed by atoms with van der Waals surface area (Å²) in [4.78, 5) is 22.2. The lowest BCUT2D eigenvalue weighted by Crippen LogP contribution is -2.36. The van der Waals surface area contributed by atoms with E-state index in [0.717, 1.165) is 0 Å². The number of urea groups is 1. The Morgan fingerprint density at radius 1 is 1.47 bits per heavy atom. The first-order valence-electron chi connectivity index (χ1n) is 4.90. The van der Waals surface area contributed by atoms with E-state index in [4.69, 9.17) is 5.11 Å². The molecule has 7 nitrogen and oxygen atoms in total. The maximum atomic E-state index is 11.5. The summed E-state index contributed by atoms with van der Waals surface area (Å²) >= 11 is 1.21. The molecular weight excluding hydrogens is 244 g/mol. The lowest BCUT2D eigenvalue weighted by molar-refractivity contribution is -0.140. The zero-order valence-corrected chi connectivity index (χ0v) is 9.48. The van der Waals surface area contributed by atoms with E-state index < -0.39 is 17.9 Å². The number of carbonyl (C=O) groups is 2. The molecule has 2 rings (SSSR count). The third-order valence-corrected chi connectivity index (χ3v) is 2.90. The van der Waals surface area contributed by atoms with Crippen molar-refractivity contribution < 1.29 is 14.7 Å². The smallest absolute Gasteiger partial charge is 0.321 e. The van der Waals surface area contributed by atoms with Crippen LogP contribution in [0.1, 0.15) is 6.42 Å². The quantitative estimate of drug-likeness (QED) is 0.688. The molecule has 17 heavy (non-hydrogen) atoms. The minimum Gasteiger partial charge on any atom is -0.481 e. The largest absolute Gasteiger partial charge is 0.481 e. The van der Waals surface area contributed by atoms with Crippen LogP contribution in [0.2, 0.25) is 0 Å². The summed E-state index contributed by atoms with van der Waals surface area (Å²) in [6.45, 7) is 0. The van der Waals surface area contributed by atoms with Crippen LogP contribution in [0.4, 0.5) is 9.93 Å². The highest BCUT2D eigenvalue weighted by Crippen LogP contribution is 2.18. The Balaban J connectivity index is 1.81. The van der Waals surface area contributed by atoms with Gasteiger partial charge in [-0.1, -0.05) is 23.5 Å². The summed E-state index contributed by atoms with van der Waals surface area (Å²) in [7, 11) is 0. The summed E-state index contributed by atoms with van der Waals surface area (Å²) in [5.41, 5.74) is 1.51. The summed E-state index contributed by atoms with van der Waals surface area (Å²) < 4.78 is 0. The number of nitrogens with zero attached hydrogens (tertiary/aromatic N) is 2. The molecule has 0 bridgehead atoms. The highest BCUT2D eigenvalue weighted by atomic mass is 32.1. The van der Waals surface area contributed by atoms with E-state index in [1.54, 1.807) is 12.2 Å². The lowest BCUT2D eigenvalue weighted by Gasteiger charge is -2.11. The lowest BCUT2D eigenvalue weighted by atomic mass is 10.1. The van der Waals surface area contributed by atoms with Crippen molar-refractivity contribution in [3.63, 3.8) is 0 Å². The Bertz CT molecular complexity index is 445. The first-order chi connectivity index (χ1) is 8.15. The number of carboxylic acid groups (broad SMARTS) is 1. The van der Waals surface area contributed by atoms with Gasteiger partial charge in [-0.3, -0.25) is 10.1 Å². The van der Waals surface area contributed by atoms with Crippen LogP contribution in [-0.2, 0) is 4.79 Å². The van der Waals surface area contributed by atoms with Crippen LogP contribution in [0.5, 0.6) is 0 Å². The number of hydrogen-bond acceptors (Lipinski definition) is 5. The van der Waals surface area contributed by atoms with Crippen LogP contribution in [0, 0.1) is 5.92 Å². The number of amides is 2. The molecule has 90 valence electrons. The molecule has 2 amide bonds. The van der Waals surface area contributed by atoms with Crippen molar-refractivity contribution in [3.05, 3.63) is 17.7 Å². The molecule has 0 fully saturated rings. The van der Waals surface area contributed by atoms with E-state index in [9.17, 15) is 9.59 Å². The zero-order valence-electron chi connectivity index (χ0n) is 8.66. The van der Waals surface area contributed by atoms with Gasteiger partial charge < -0.3 is 10.4 Å². The second-order valence-electron chi connectivity index (χ2n) is 3.51. The molecule has 1 aliphatic rings. The second kappa shape index (κ2) is 4.91.